The van der Waals surface area contributed by atoms with Crippen LogP contribution in [0.5, 0.6) is 0 Å². The highest BCUT2D eigenvalue weighted by atomic mass is 35.5. The number of aliphatic hydroxyl groups excluding tert-OH is 1. The monoisotopic (exact) mass is 442 g/mol. The summed E-state index contributed by atoms with van der Waals surface area (Å²) in [6, 6.07) is 5.51. The molecule has 4 atom stereocenters. The first kappa shape index (κ1) is 23.1. The fraction of sp³-hybridized carbons (Fsp3) is 0.444. The number of amides is 1. The number of nitrogens with zero attached hydrogens (tertiary/aromatic N) is 2. The zero-order valence-corrected chi connectivity index (χ0v) is 17.1. The van der Waals surface area contributed by atoms with Gasteiger partial charge in [0, 0.05) is 35.3 Å². The number of hydrogen-bond donors (Lipinski definition) is 2. The number of fused-ring (bicyclic) bond motifs is 1. The van der Waals surface area contributed by atoms with Crippen molar-refractivity contribution in [2.75, 3.05) is 12.3 Å². The largest absolute Gasteiger partial charge is 0.543 e. The van der Waals surface area contributed by atoms with E-state index in [9.17, 15) is 29.9 Å². The van der Waals surface area contributed by atoms with Gasteiger partial charge in [-0.2, -0.15) is 0 Å². The average molecular weight is 443 g/mol. The second-order valence-electron chi connectivity index (χ2n) is 6.84. The SMILES string of the molecule is CC(O)C1C(=O)N2C(C(=O)[O-])=C(SCCN)C(Cc3ccc([N+](=O)[O-])cc3)C12.Cl. The van der Waals surface area contributed by atoms with Crippen LogP contribution in [-0.2, 0) is 16.0 Å². The van der Waals surface area contributed by atoms with Crippen molar-refractivity contribution in [1.29, 1.82) is 0 Å². The van der Waals surface area contributed by atoms with Crippen LogP contribution in [0.25, 0.3) is 0 Å². The molecule has 2 aliphatic heterocycles. The number of benzene rings is 1. The Morgan fingerprint density at radius 1 is 1.38 bits per heavy atom. The molecular weight excluding hydrogens is 422 g/mol. The first-order valence-corrected chi connectivity index (χ1v) is 9.79. The molecule has 11 heteroatoms. The summed E-state index contributed by atoms with van der Waals surface area (Å²) in [5.41, 5.74) is 6.14. The first-order valence-electron chi connectivity index (χ1n) is 8.80. The predicted octanol–water partition coefficient (Wildman–Crippen LogP) is 0.0501. The van der Waals surface area contributed by atoms with Crippen molar-refractivity contribution in [3.05, 3.63) is 50.5 Å². The van der Waals surface area contributed by atoms with Gasteiger partial charge in [0.15, 0.2) is 0 Å². The van der Waals surface area contributed by atoms with E-state index in [4.69, 9.17) is 5.73 Å². The number of nitro benzene ring substituents is 1. The molecule has 29 heavy (non-hydrogen) atoms. The molecular formula is C18H21ClN3O6S-. The van der Waals surface area contributed by atoms with Gasteiger partial charge in [-0.1, -0.05) is 12.1 Å². The second kappa shape index (κ2) is 9.12. The van der Waals surface area contributed by atoms with Crippen LogP contribution in [-0.4, -0.2) is 51.2 Å². The van der Waals surface area contributed by atoms with Gasteiger partial charge in [0.1, 0.15) is 0 Å². The van der Waals surface area contributed by atoms with Crippen LogP contribution < -0.4 is 10.8 Å². The van der Waals surface area contributed by atoms with Gasteiger partial charge < -0.3 is 25.6 Å². The van der Waals surface area contributed by atoms with Crippen LogP contribution in [0.4, 0.5) is 5.69 Å². The molecule has 1 aromatic carbocycles. The van der Waals surface area contributed by atoms with E-state index in [1.807, 2.05) is 0 Å². The lowest BCUT2D eigenvalue weighted by molar-refractivity contribution is -0.384. The van der Waals surface area contributed by atoms with E-state index < -0.39 is 34.9 Å². The molecule has 1 saturated heterocycles. The Bertz CT molecular complexity index is 845. The Hall–Kier alpha value is -2.14. The highest BCUT2D eigenvalue weighted by Crippen LogP contribution is 2.51. The van der Waals surface area contributed by atoms with E-state index in [-0.39, 0.29) is 29.7 Å². The number of halogens is 1. The first-order chi connectivity index (χ1) is 13.3. The van der Waals surface area contributed by atoms with Crippen LogP contribution in [0.15, 0.2) is 34.9 Å². The van der Waals surface area contributed by atoms with Crippen LogP contribution >= 0.6 is 24.2 Å². The van der Waals surface area contributed by atoms with Crippen LogP contribution in [0, 0.1) is 22.0 Å². The highest BCUT2D eigenvalue weighted by Gasteiger charge is 2.59. The van der Waals surface area contributed by atoms with E-state index in [1.165, 1.54) is 35.7 Å². The number of carbonyl (C=O) groups is 2. The summed E-state index contributed by atoms with van der Waals surface area (Å²) in [5.74, 6) is -2.46. The molecule has 0 aromatic heterocycles. The Kier molecular flexibility index (Phi) is 7.28. The molecule has 1 aromatic rings. The number of carbonyl (C=O) groups excluding carboxylic acids is 2. The number of hydrogen-bond acceptors (Lipinski definition) is 8. The number of β-lactam (4-membered cyclic amide) rings is 1. The Labute approximate surface area is 177 Å². The number of carboxylic acids is 1. The smallest absolute Gasteiger partial charge is 0.269 e. The summed E-state index contributed by atoms with van der Waals surface area (Å²) in [6.07, 6.45) is -0.547. The maximum absolute atomic E-state index is 12.5. The van der Waals surface area contributed by atoms with Gasteiger partial charge in [-0.15, -0.1) is 24.2 Å². The van der Waals surface area contributed by atoms with Gasteiger partial charge in [-0.3, -0.25) is 14.9 Å². The normalized spacial score (nSPS) is 23.9. The van der Waals surface area contributed by atoms with Crippen molar-refractivity contribution >= 4 is 41.7 Å². The molecule has 4 unspecified atom stereocenters. The van der Waals surface area contributed by atoms with Crippen molar-refractivity contribution in [3.63, 3.8) is 0 Å². The molecule has 0 saturated carbocycles. The van der Waals surface area contributed by atoms with Gasteiger partial charge in [-0.25, -0.2) is 0 Å². The number of thioether (sulfide) groups is 1. The van der Waals surface area contributed by atoms with Crippen molar-refractivity contribution in [1.82, 2.24) is 4.90 Å². The lowest BCUT2D eigenvalue weighted by atomic mass is 9.76. The summed E-state index contributed by atoms with van der Waals surface area (Å²) >= 11 is 1.27. The van der Waals surface area contributed by atoms with Gasteiger partial charge in [0.25, 0.3) is 5.69 Å². The third kappa shape index (κ3) is 4.11. The molecule has 158 valence electrons. The van der Waals surface area contributed by atoms with E-state index in [0.717, 1.165) is 5.56 Å². The van der Waals surface area contributed by atoms with Crippen LogP contribution in [0.2, 0.25) is 0 Å². The standard InChI is InChI=1S/C18H21N3O6S.ClH/c1-9(22)13-14-12(8-10-2-4-11(5-3-10)21(26)27)16(28-7-6-19)15(18(24)25)20(14)17(13)23;/h2-5,9,12-14,22H,6-8,19H2,1H3,(H,24,25);1H/p-1. The fourth-order valence-electron chi connectivity index (χ4n) is 3.93. The third-order valence-electron chi connectivity index (χ3n) is 5.10. The van der Waals surface area contributed by atoms with E-state index in [0.29, 0.717) is 23.6 Å². The van der Waals surface area contributed by atoms with Crippen molar-refractivity contribution < 1.29 is 24.7 Å². The van der Waals surface area contributed by atoms with E-state index >= 15 is 0 Å². The molecule has 9 nitrogen and oxygen atoms in total. The zero-order valence-electron chi connectivity index (χ0n) is 15.5. The Morgan fingerprint density at radius 2 is 2.00 bits per heavy atom. The van der Waals surface area contributed by atoms with Crippen molar-refractivity contribution in [3.8, 4) is 0 Å². The number of rotatable bonds is 8. The maximum Gasteiger partial charge on any atom is 0.269 e. The second-order valence-corrected chi connectivity index (χ2v) is 7.97. The molecule has 1 amide bonds. The lowest BCUT2D eigenvalue weighted by Gasteiger charge is -2.47. The minimum Gasteiger partial charge on any atom is -0.543 e. The van der Waals surface area contributed by atoms with Gasteiger partial charge in [0.2, 0.25) is 5.91 Å². The molecule has 2 aliphatic rings. The Morgan fingerprint density at radius 3 is 2.48 bits per heavy atom. The predicted molar refractivity (Wildman–Crippen MR) is 107 cm³/mol. The minimum atomic E-state index is -1.44. The summed E-state index contributed by atoms with van der Waals surface area (Å²) in [4.78, 5) is 36.3. The summed E-state index contributed by atoms with van der Waals surface area (Å²) in [6.45, 7) is 1.84. The summed E-state index contributed by atoms with van der Waals surface area (Å²) in [5, 5.41) is 32.6. The van der Waals surface area contributed by atoms with E-state index in [2.05, 4.69) is 0 Å². The molecule has 0 aliphatic carbocycles. The zero-order chi connectivity index (χ0) is 20.6. The summed E-state index contributed by atoms with van der Waals surface area (Å²) in [7, 11) is 0. The maximum atomic E-state index is 12.5. The van der Waals surface area contributed by atoms with Crippen molar-refractivity contribution in [2.24, 2.45) is 17.6 Å². The molecule has 3 N–H and O–H groups in total. The molecule has 0 bridgehead atoms. The topological polar surface area (TPSA) is 150 Å². The molecule has 3 rings (SSSR count). The van der Waals surface area contributed by atoms with Gasteiger partial charge in [-0.05, 0) is 18.9 Å². The van der Waals surface area contributed by atoms with Crippen LogP contribution in [0.3, 0.4) is 0 Å². The number of nitrogens with two attached hydrogens (primary N) is 1. The van der Waals surface area contributed by atoms with Crippen LogP contribution in [0.1, 0.15) is 12.5 Å². The highest BCUT2D eigenvalue weighted by molar-refractivity contribution is 8.03. The van der Waals surface area contributed by atoms with E-state index in [1.54, 1.807) is 12.1 Å². The molecule has 0 spiro atoms. The molecule has 2 heterocycles. The molecule has 1 fully saturated rings. The fourth-order valence-corrected chi connectivity index (χ4v) is 5.02. The minimum absolute atomic E-state index is 0. The average Bonchev–Trinajstić information content (AvgIpc) is 2.90. The Balaban J connectivity index is 0.00000300. The molecule has 0 radical (unpaired) electrons. The number of carboxylic acid groups (broad SMARTS) is 1. The number of nitro groups is 1. The van der Waals surface area contributed by atoms with Gasteiger partial charge >= 0.3 is 0 Å². The quantitative estimate of drug-likeness (QED) is 0.325. The number of aliphatic hydroxyl groups is 1. The third-order valence-corrected chi connectivity index (χ3v) is 6.35. The number of non-ortho nitro benzene ring substituents is 1. The van der Waals surface area contributed by atoms with Crippen molar-refractivity contribution in [2.45, 2.75) is 25.5 Å². The van der Waals surface area contributed by atoms with Gasteiger partial charge in [0.05, 0.1) is 34.7 Å². The number of aliphatic carboxylic acids is 1. The summed E-state index contributed by atoms with van der Waals surface area (Å²) < 4.78 is 0. The lowest BCUT2D eigenvalue weighted by Crippen LogP contribution is -2.64.